The van der Waals surface area contributed by atoms with Gasteiger partial charge in [-0.3, -0.25) is 9.78 Å². The Hall–Kier alpha value is -2.75. The first-order valence-electron chi connectivity index (χ1n) is 10.0. The van der Waals surface area contributed by atoms with E-state index in [1.807, 2.05) is 19.2 Å². The molecule has 144 valence electrons. The molecule has 1 aliphatic rings. The third-order valence-electron chi connectivity index (χ3n) is 6.13. The zero-order valence-electron chi connectivity index (χ0n) is 16.1. The molecule has 1 aromatic heterocycles. The average molecular weight is 376 g/mol. The summed E-state index contributed by atoms with van der Waals surface area (Å²) in [5, 5.41) is 4.17. The second-order valence-electron chi connectivity index (χ2n) is 7.81. The molecule has 1 aliphatic carbocycles. The predicted octanol–water partition coefficient (Wildman–Crippen LogP) is 5.92. The molecule has 0 radical (unpaired) electrons. The summed E-state index contributed by atoms with van der Waals surface area (Å²) in [6.45, 7) is 2.01. The second-order valence-corrected chi connectivity index (χ2v) is 7.81. The van der Waals surface area contributed by atoms with E-state index < -0.39 is 0 Å². The van der Waals surface area contributed by atoms with E-state index >= 15 is 0 Å². The van der Waals surface area contributed by atoms with Crippen molar-refractivity contribution in [3.63, 3.8) is 0 Å². The fourth-order valence-corrected chi connectivity index (χ4v) is 4.41. The van der Waals surface area contributed by atoms with Gasteiger partial charge in [0.1, 0.15) is 5.82 Å². The molecule has 0 spiro atoms. The molecule has 1 atom stereocenters. The van der Waals surface area contributed by atoms with Crippen LogP contribution in [-0.2, 0) is 4.79 Å². The number of rotatable bonds is 4. The molecule has 1 fully saturated rings. The van der Waals surface area contributed by atoms with Crippen LogP contribution in [0.25, 0.3) is 10.9 Å². The molecule has 4 heteroatoms. The zero-order chi connectivity index (χ0) is 19.5. The molecular formula is C24H25FN2O. The SMILES string of the molecule is C[C@@H](C(=O)Nc1ccc(F)cc1)C1CCC(c2ccnc3ccccc23)CC1. The number of benzene rings is 2. The lowest BCUT2D eigenvalue weighted by Gasteiger charge is -2.32. The van der Waals surface area contributed by atoms with Gasteiger partial charge in [-0.1, -0.05) is 25.1 Å². The van der Waals surface area contributed by atoms with Crippen molar-refractivity contribution < 1.29 is 9.18 Å². The van der Waals surface area contributed by atoms with Crippen molar-refractivity contribution in [2.45, 2.75) is 38.5 Å². The third-order valence-corrected chi connectivity index (χ3v) is 6.13. The van der Waals surface area contributed by atoms with Gasteiger partial charge in [0.05, 0.1) is 5.52 Å². The van der Waals surface area contributed by atoms with E-state index in [-0.39, 0.29) is 17.6 Å². The fraction of sp³-hybridized carbons (Fsp3) is 0.333. The smallest absolute Gasteiger partial charge is 0.227 e. The molecule has 0 unspecified atom stereocenters. The molecular weight excluding hydrogens is 351 g/mol. The zero-order valence-corrected chi connectivity index (χ0v) is 16.1. The summed E-state index contributed by atoms with van der Waals surface area (Å²) in [7, 11) is 0. The maximum absolute atomic E-state index is 13.0. The van der Waals surface area contributed by atoms with Crippen LogP contribution >= 0.6 is 0 Å². The van der Waals surface area contributed by atoms with Crippen LogP contribution in [-0.4, -0.2) is 10.9 Å². The van der Waals surface area contributed by atoms with Crippen LogP contribution in [0.1, 0.15) is 44.1 Å². The van der Waals surface area contributed by atoms with Gasteiger partial charge in [-0.2, -0.15) is 0 Å². The maximum atomic E-state index is 13.0. The molecule has 0 aliphatic heterocycles. The maximum Gasteiger partial charge on any atom is 0.227 e. The Morgan fingerprint density at radius 3 is 2.50 bits per heavy atom. The Morgan fingerprint density at radius 1 is 1.04 bits per heavy atom. The normalized spacial score (nSPS) is 20.6. The van der Waals surface area contributed by atoms with Gasteiger partial charge in [0.15, 0.2) is 0 Å². The Morgan fingerprint density at radius 2 is 1.75 bits per heavy atom. The third kappa shape index (κ3) is 3.91. The van der Waals surface area contributed by atoms with E-state index in [9.17, 15) is 9.18 Å². The van der Waals surface area contributed by atoms with Crippen LogP contribution in [0, 0.1) is 17.7 Å². The molecule has 1 N–H and O–H groups in total. The molecule has 3 aromatic rings. The van der Waals surface area contributed by atoms with E-state index in [2.05, 4.69) is 34.6 Å². The number of amides is 1. The summed E-state index contributed by atoms with van der Waals surface area (Å²) in [6, 6.07) is 16.4. The first kappa shape index (κ1) is 18.6. The van der Waals surface area contributed by atoms with Crippen LogP contribution in [0.2, 0.25) is 0 Å². The quantitative estimate of drug-likeness (QED) is 0.614. The number of carbonyl (C=O) groups is 1. The van der Waals surface area contributed by atoms with Crippen molar-refractivity contribution in [1.82, 2.24) is 4.98 Å². The number of pyridine rings is 1. The van der Waals surface area contributed by atoms with Crippen LogP contribution in [0.15, 0.2) is 60.8 Å². The van der Waals surface area contributed by atoms with Crippen LogP contribution in [0.4, 0.5) is 10.1 Å². The number of anilines is 1. The van der Waals surface area contributed by atoms with Crippen molar-refractivity contribution in [2.75, 3.05) is 5.32 Å². The van der Waals surface area contributed by atoms with Crippen molar-refractivity contribution in [1.29, 1.82) is 0 Å². The lowest BCUT2D eigenvalue weighted by molar-refractivity contribution is -0.121. The van der Waals surface area contributed by atoms with Crippen LogP contribution in [0.3, 0.4) is 0 Å². The number of hydrogen-bond acceptors (Lipinski definition) is 2. The van der Waals surface area contributed by atoms with Gasteiger partial charge in [0, 0.05) is 23.2 Å². The van der Waals surface area contributed by atoms with Crippen LogP contribution < -0.4 is 5.32 Å². The molecule has 3 nitrogen and oxygen atoms in total. The highest BCUT2D eigenvalue weighted by Gasteiger charge is 2.30. The highest BCUT2D eigenvalue weighted by molar-refractivity contribution is 5.92. The number of fused-ring (bicyclic) bond motifs is 1. The van der Waals surface area contributed by atoms with E-state index in [4.69, 9.17) is 0 Å². The molecule has 2 aromatic carbocycles. The Kier molecular flexibility index (Phi) is 5.38. The number of hydrogen-bond donors (Lipinski definition) is 1. The molecule has 28 heavy (non-hydrogen) atoms. The van der Waals surface area contributed by atoms with Crippen LogP contribution in [0.5, 0.6) is 0 Å². The Labute approximate surface area is 165 Å². The lowest BCUT2D eigenvalue weighted by atomic mass is 9.73. The summed E-state index contributed by atoms with van der Waals surface area (Å²) in [6.07, 6.45) is 6.17. The molecule has 0 saturated heterocycles. The molecule has 1 heterocycles. The first-order chi connectivity index (χ1) is 13.6. The van der Waals surface area contributed by atoms with Gasteiger partial charge in [-0.25, -0.2) is 4.39 Å². The first-order valence-corrected chi connectivity index (χ1v) is 10.0. The van der Waals surface area contributed by atoms with Crippen molar-refractivity contribution in [2.24, 2.45) is 11.8 Å². The van der Waals surface area contributed by atoms with Gasteiger partial charge < -0.3 is 5.32 Å². The number of halogens is 1. The summed E-state index contributed by atoms with van der Waals surface area (Å²) in [5.41, 5.74) is 3.08. The second kappa shape index (κ2) is 8.09. The fourth-order valence-electron chi connectivity index (χ4n) is 4.41. The molecule has 0 bridgehead atoms. The number of nitrogens with zero attached hydrogens (tertiary/aromatic N) is 1. The monoisotopic (exact) mass is 376 g/mol. The Bertz CT molecular complexity index is 957. The number of nitrogens with one attached hydrogen (secondary N) is 1. The van der Waals surface area contributed by atoms with Gasteiger partial charge in [-0.15, -0.1) is 0 Å². The minimum absolute atomic E-state index is 0.0180. The summed E-state index contributed by atoms with van der Waals surface area (Å²) >= 11 is 0. The standard InChI is InChI=1S/C24H25FN2O/c1-16(24(28)27-20-12-10-19(25)11-13-20)17-6-8-18(9-7-17)21-14-15-26-23-5-3-2-4-22(21)23/h2-5,10-18H,6-9H2,1H3,(H,27,28)/t16-,17?,18?/m1/s1. The van der Waals surface area contributed by atoms with Crippen molar-refractivity contribution in [3.05, 3.63) is 72.2 Å². The summed E-state index contributed by atoms with van der Waals surface area (Å²) < 4.78 is 13.0. The average Bonchev–Trinajstić information content (AvgIpc) is 2.74. The minimum atomic E-state index is -0.298. The topological polar surface area (TPSA) is 42.0 Å². The Balaban J connectivity index is 1.39. The van der Waals surface area contributed by atoms with Gasteiger partial charge in [0.2, 0.25) is 5.91 Å². The highest BCUT2D eigenvalue weighted by Crippen LogP contribution is 2.40. The van der Waals surface area contributed by atoms with E-state index in [0.29, 0.717) is 17.5 Å². The van der Waals surface area contributed by atoms with Gasteiger partial charge in [0.25, 0.3) is 0 Å². The number of aromatic nitrogens is 1. The van der Waals surface area contributed by atoms with Crippen molar-refractivity contribution in [3.8, 4) is 0 Å². The lowest BCUT2D eigenvalue weighted by Crippen LogP contribution is -2.29. The van der Waals surface area contributed by atoms with E-state index in [1.165, 1.54) is 23.1 Å². The largest absolute Gasteiger partial charge is 0.326 e. The minimum Gasteiger partial charge on any atom is -0.326 e. The molecule has 1 saturated carbocycles. The number of carbonyl (C=O) groups excluding carboxylic acids is 1. The highest BCUT2D eigenvalue weighted by atomic mass is 19.1. The number of para-hydroxylation sites is 1. The molecule has 1 amide bonds. The summed E-state index contributed by atoms with van der Waals surface area (Å²) in [4.78, 5) is 17.1. The van der Waals surface area contributed by atoms with Gasteiger partial charge in [-0.05, 0) is 79.5 Å². The van der Waals surface area contributed by atoms with E-state index in [0.717, 1.165) is 31.2 Å². The van der Waals surface area contributed by atoms with E-state index in [1.54, 1.807) is 12.1 Å². The van der Waals surface area contributed by atoms with Crippen molar-refractivity contribution >= 4 is 22.5 Å². The molecule has 4 rings (SSSR count). The van der Waals surface area contributed by atoms with Gasteiger partial charge >= 0.3 is 0 Å². The predicted molar refractivity (Wildman–Crippen MR) is 111 cm³/mol. The summed E-state index contributed by atoms with van der Waals surface area (Å²) in [5.74, 6) is 0.568.